The molecule has 6 heteroatoms. The summed E-state index contributed by atoms with van der Waals surface area (Å²) in [7, 11) is 0. The minimum Gasteiger partial charge on any atom is -0.489 e. The Kier molecular flexibility index (Phi) is 11.1. The average Bonchev–Trinajstić information content (AvgIpc) is 2.79. The van der Waals surface area contributed by atoms with Crippen LogP contribution in [0.1, 0.15) is 17.5 Å². The van der Waals surface area contributed by atoms with E-state index in [4.69, 9.17) is 9.47 Å². The third-order valence-electron chi connectivity index (χ3n) is 5.47. The second kappa shape index (κ2) is 13.6. The molecule has 0 unspecified atom stereocenters. The zero-order valence-corrected chi connectivity index (χ0v) is 19.4. The third-order valence-corrected chi connectivity index (χ3v) is 5.47. The first kappa shape index (κ1) is 25.4. The van der Waals surface area contributed by atoms with Gasteiger partial charge in [0.1, 0.15) is 12.4 Å². The van der Waals surface area contributed by atoms with Crippen LogP contribution >= 0.6 is 24.8 Å². The minimum absolute atomic E-state index is 0. The molecule has 0 amide bonds. The molecule has 1 aliphatic rings. The number of nitrogens with zero attached hydrogens (tertiary/aromatic N) is 1. The number of rotatable bonds is 9. The van der Waals surface area contributed by atoms with Crippen molar-refractivity contribution < 1.29 is 9.47 Å². The normalized spacial score (nSPS) is 13.9. The molecule has 0 aliphatic carbocycles. The first-order valence-corrected chi connectivity index (χ1v) is 10.6. The number of morpholine rings is 1. The third kappa shape index (κ3) is 7.37. The van der Waals surface area contributed by atoms with Crippen LogP contribution in [-0.4, -0.2) is 44.3 Å². The van der Waals surface area contributed by atoms with Crippen molar-refractivity contribution in [1.82, 2.24) is 10.2 Å². The molecule has 3 aromatic carbocycles. The van der Waals surface area contributed by atoms with Crippen LogP contribution < -0.4 is 10.1 Å². The Morgan fingerprint density at radius 1 is 0.871 bits per heavy atom. The van der Waals surface area contributed by atoms with E-state index in [1.165, 1.54) is 21.9 Å². The van der Waals surface area contributed by atoms with E-state index in [9.17, 15) is 0 Å². The molecule has 0 spiro atoms. The van der Waals surface area contributed by atoms with Crippen molar-refractivity contribution >= 4 is 35.6 Å². The molecule has 4 rings (SSSR count). The van der Waals surface area contributed by atoms with Gasteiger partial charge in [-0.25, -0.2) is 0 Å². The molecule has 0 aromatic heterocycles. The van der Waals surface area contributed by atoms with Gasteiger partial charge in [0.05, 0.1) is 13.2 Å². The topological polar surface area (TPSA) is 33.7 Å². The van der Waals surface area contributed by atoms with Crippen LogP contribution in [-0.2, 0) is 17.9 Å². The first-order valence-electron chi connectivity index (χ1n) is 10.6. The molecule has 1 fully saturated rings. The molecule has 4 nitrogen and oxygen atoms in total. The van der Waals surface area contributed by atoms with Crippen molar-refractivity contribution in [3.05, 3.63) is 77.9 Å². The van der Waals surface area contributed by atoms with E-state index in [-0.39, 0.29) is 24.8 Å². The monoisotopic (exact) mass is 462 g/mol. The predicted octanol–water partition coefficient (Wildman–Crippen LogP) is 5.07. The van der Waals surface area contributed by atoms with Gasteiger partial charge in [0.2, 0.25) is 0 Å². The van der Waals surface area contributed by atoms with Gasteiger partial charge in [-0.1, -0.05) is 60.7 Å². The van der Waals surface area contributed by atoms with Gasteiger partial charge in [-0.3, -0.25) is 4.90 Å². The fourth-order valence-corrected chi connectivity index (χ4v) is 3.83. The molecule has 1 heterocycles. The summed E-state index contributed by atoms with van der Waals surface area (Å²) in [6.07, 6.45) is 1.14. The van der Waals surface area contributed by atoms with E-state index in [2.05, 4.69) is 70.9 Å². The Labute approximate surface area is 197 Å². The molecule has 168 valence electrons. The van der Waals surface area contributed by atoms with Gasteiger partial charge >= 0.3 is 0 Å². The van der Waals surface area contributed by atoms with E-state index < -0.39 is 0 Å². The molecule has 0 radical (unpaired) electrons. The fraction of sp³-hybridized carbons (Fsp3) is 0.360. The maximum absolute atomic E-state index is 6.22. The number of hydrogen-bond donors (Lipinski definition) is 1. The highest BCUT2D eigenvalue weighted by Gasteiger charge is 2.11. The quantitative estimate of drug-likeness (QED) is 0.449. The van der Waals surface area contributed by atoms with Crippen LogP contribution in [0.25, 0.3) is 10.8 Å². The first-order chi connectivity index (χ1) is 14.4. The van der Waals surface area contributed by atoms with Gasteiger partial charge < -0.3 is 14.8 Å². The lowest BCUT2D eigenvalue weighted by Crippen LogP contribution is -2.37. The van der Waals surface area contributed by atoms with Gasteiger partial charge in [-0.2, -0.15) is 0 Å². The lowest BCUT2D eigenvalue weighted by molar-refractivity contribution is 0.0374. The molecule has 0 atom stereocenters. The van der Waals surface area contributed by atoms with Crippen LogP contribution in [0.3, 0.4) is 0 Å². The highest BCUT2D eigenvalue weighted by Crippen LogP contribution is 2.28. The van der Waals surface area contributed by atoms with E-state index in [1.807, 2.05) is 6.07 Å². The highest BCUT2D eigenvalue weighted by atomic mass is 35.5. The number of ether oxygens (including phenoxy) is 2. The second-order valence-electron chi connectivity index (χ2n) is 7.52. The van der Waals surface area contributed by atoms with Crippen LogP contribution in [0.4, 0.5) is 0 Å². The lowest BCUT2D eigenvalue weighted by Gasteiger charge is -2.26. The molecular formula is C25H32Cl2N2O2. The Balaban J connectivity index is 0.00000171. The van der Waals surface area contributed by atoms with Crippen LogP contribution in [0.5, 0.6) is 5.75 Å². The molecule has 1 N–H and O–H groups in total. The smallest absolute Gasteiger partial charge is 0.124 e. The Morgan fingerprint density at radius 2 is 1.61 bits per heavy atom. The van der Waals surface area contributed by atoms with Gasteiger partial charge in [0.25, 0.3) is 0 Å². The van der Waals surface area contributed by atoms with Crippen molar-refractivity contribution in [2.45, 2.75) is 19.6 Å². The summed E-state index contributed by atoms with van der Waals surface area (Å²) in [6, 6.07) is 23.1. The van der Waals surface area contributed by atoms with Crippen molar-refractivity contribution in [2.24, 2.45) is 0 Å². The van der Waals surface area contributed by atoms with Crippen LogP contribution in [0.2, 0.25) is 0 Å². The highest BCUT2D eigenvalue weighted by molar-refractivity contribution is 5.87. The average molecular weight is 463 g/mol. The van der Waals surface area contributed by atoms with Gasteiger partial charge in [0.15, 0.2) is 0 Å². The fourth-order valence-electron chi connectivity index (χ4n) is 3.83. The molecule has 1 saturated heterocycles. The van der Waals surface area contributed by atoms with Crippen molar-refractivity contribution in [1.29, 1.82) is 0 Å². The van der Waals surface area contributed by atoms with Gasteiger partial charge in [0, 0.05) is 25.2 Å². The molecule has 0 bridgehead atoms. The molecule has 3 aromatic rings. The minimum atomic E-state index is 0. The van der Waals surface area contributed by atoms with E-state index in [0.29, 0.717) is 6.61 Å². The maximum atomic E-state index is 6.22. The molecule has 31 heavy (non-hydrogen) atoms. The summed E-state index contributed by atoms with van der Waals surface area (Å²) in [5, 5.41) is 6.15. The number of benzene rings is 3. The lowest BCUT2D eigenvalue weighted by atomic mass is 10.0. The Hall–Kier alpha value is -1.82. The van der Waals surface area contributed by atoms with Gasteiger partial charge in [-0.05, 0) is 41.9 Å². The summed E-state index contributed by atoms with van der Waals surface area (Å²) in [5.41, 5.74) is 2.43. The van der Waals surface area contributed by atoms with E-state index in [0.717, 1.165) is 58.1 Å². The summed E-state index contributed by atoms with van der Waals surface area (Å²) in [5.74, 6) is 0.966. The van der Waals surface area contributed by atoms with Crippen molar-refractivity contribution in [3.8, 4) is 5.75 Å². The van der Waals surface area contributed by atoms with Crippen LogP contribution in [0.15, 0.2) is 66.7 Å². The standard InChI is InChI=1S/C25H30N2O2.2ClH/c1-2-7-21(8-3-1)20-29-25-12-11-22-9-4-5-10-23(22)24(25)19-26-13-6-14-27-15-17-28-18-16-27;;/h1-5,7-12,26H,6,13-20H2;2*1H. The summed E-state index contributed by atoms with van der Waals surface area (Å²) in [6.45, 7) is 7.37. The van der Waals surface area contributed by atoms with Crippen molar-refractivity contribution in [3.63, 3.8) is 0 Å². The molecular weight excluding hydrogens is 431 g/mol. The van der Waals surface area contributed by atoms with Crippen molar-refractivity contribution in [2.75, 3.05) is 39.4 Å². The number of fused-ring (bicyclic) bond motifs is 1. The van der Waals surface area contributed by atoms with E-state index in [1.54, 1.807) is 0 Å². The predicted molar refractivity (Wildman–Crippen MR) is 133 cm³/mol. The summed E-state index contributed by atoms with van der Waals surface area (Å²) in [4.78, 5) is 2.48. The zero-order valence-electron chi connectivity index (χ0n) is 17.8. The summed E-state index contributed by atoms with van der Waals surface area (Å²) < 4.78 is 11.6. The Morgan fingerprint density at radius 3 is 2.42 bits per heavy atom. The number of nitrogens with one attached hydrogen (secondary N) is 1. The summed E-state index contributed by atoms with van der Waals surface area (Å²) >= 11 is 0. The van der Waals surface area contributed by atoms with Gasteiger partial charge in [-0.15, -0.1) is 24.8 Å². The molecule has 0 saturated carbocycles. The number of hydrogen-bond acceptors (Lipinski definition) is 4. The second-order valence-corrected chi connectivity index (χ2v) is 7.52. The Bertz CT molecular complexity index is 902. The van der Waals surface area contributed by atoms with Crippen LogP contribution in [0, 0.1) is 0 Å². The van der Waals surface area contributed by atoms with E-state index >= 15 is 0 Å². The maximum Gasteiger partial charge on any atom is 0.124 e. The largest absolute Gasteiger partial charge is 0.489 e. The number of halogens is 2. The zero-order chi connectivity index (χ0) is 19.7. The SMILES string of the molecule is Cl.Cl.c1ccc(COc2ccc3ccccc3c2CNCCCN2CCOCC2)cc1. The molecule has 1 aliphatic heterocycles.